The number of hydrogen-bond acceptors (Lipinski definition) is 3. The quantitative estimate of drug-likeness (QED) is 0.613. The van der Waals surface area contributed by atoms with Crippen LogP contribution < -0.4 is 5.32 Å². The number of imidazole rings is 1. The first-order chi connectivity index (χ1) is 13.8. The molecule has 1 unspecified atom stereocenters. The lowest BCUT2D eigenvalue weighted by atomic mass is 9.99. The molecule has 2 aromatic rings. The van der Waals surface area contributed by atoms with E-state index in [1.54, 1.807) is 0 Å². The minimum absolute atomic E-state index is 0.434. The van der Waals surface area contributed by atoms with E-state index in [9.17, 15) is 0 Å². The summed E-state index contributed by atoms with van der Waals surface area (Å²) in [6, 6.07) is 4.03. The minimum atomic E-state index is 0.434. The third-order valence-corrected chi connectivity index (χ3v) is 4.29. The van der Waals surface area contributed by atoms with Crippen molar-refractivity contribution < 1.29 is 0 Å². The SMILES string of the molecule is C=C/C=C(\C=C/C)c1nc(C2CCCNC2)[nH]c1-c1ccncc1.CC.CC. The summed E-state index contributed by atoms with van der Waals surface area (Å²) in [5.41, 5.74) is 4.18. The third kappa shape index (κ3) is 6.31. The number of rotatable bonds is 5. The lowest BCUT2D eigenvalue weighted by Gasteiger charge is -2.20. The van der Waals surface area contributed by atoms with Crippen LogP contribution in [0.4, 0.5) is 0 Å². The standard InChI is InChI=1S/C20H24N4.2C2H6/c1-3-6-15(7-4-2)18-19(16-9-12-21-13-10-16)24-20(23-18)17-8-5-11-22-14-17;2*1-2/h3-4,6-7,9-10,12-13,17,22H,1,5,8,11,14H2,2H3,(H,23,24);2*1-2H3/b7-4-,15-6+;;. The van der Waals surface area contributed by atoms with Gasteiger partial charge in [0.05, 0.1) is 11.4 Å². The van der Waals surface area contributed by atoms with Gasteiger partial charge in [0, 0.05) is 36.0 Å². The Morgan fingerprint density at radius 3 is 2.46 bits per heavy atom. The summed E-state index contributed by atoms with van der Waals surface area (Å²) in [4.78, 5) is 12.7. The van der Waals surface area contributed by atoms with Crippen LogP contribution in [0.5, 0.6) is 0 Å². The smallest absolute Gasteiger partial charge is 0.111 e. The Hall–Kier alpha value is -2.46. The maximum atomic E-state index is 4.96. The number of pyridine rings is 1. The van der Waals surface area contributed by atoms with E-state index in [4.69, 9.17) is 4.98 Å². The van der Waals surface area contributed by atoms with Gasteiger partial charge in [-0.1, -0.05) is 58.6 Å². The van der Waals surface area contributed by atoms with Gasteiger partial charge in [-0.3, -0.25) is 4.98 Å². The molecular weight excluding hydrogens is 344 g/mol. The summed E-state index contributed by atoms with van der Waals surface area (Å²) in [5, 5.41) is 3.47. The van der Waals surface area contributed by atoms with E-state index in [2.05, 4.69) is 27.9 Å². The largest absolute Gasteiger partial charge is 0.341 e. The van der Waals surface area contributed by atoms with E-state index in [0.717, 1.165) is 41.4 Å². The molecule has 1 fully saturated rings. The summed E-state index contributed by atoms with van der Waals surface area (Å²) < 4.78 is 0. The van der Waals surface area contributed by atoms with Gasteiger partial charge in [0.15, 0.2) is 0 Å². The van der Waals surface area contributed by atoms with Crippen LogP contribution in [0.2, 0.25) is 0 Å². The predicted octanol–water partition coefficient (Wildman–Crippen LogP) is 6.14. The van der Waals surface area contributed by atoms with E-state index in [1.165, 1.54) is 12.8 Å². The zero-order chi connectivity index (χ0) is 20.8. The Kier molecular flexibility index (Phi) is 11.5. The molecule has 1 aliphatic heterocycles. The van der Waals surface area contributed by atoms with Crippen LogP contribution >= 0.6 is 0 Å². The lowest BCUT2D eigenvalue weighted by Crippen LogP contribution is -2.28. The second-order valence-corrected chi connectivity index (χ2v) is 5.98. The first-order valence-electron chi connectivity index (χ1n) is 10.5. The predicted molar refractivity (Wildman–Crippen MR) is 122 cm³/mol. The average Bonchev–Trinajstić information content (AvgIpc) is 3.23. The number of H-pyrrole nitrogens is 1. The van der Waals surface area contributed by atoms with E-state index in [1.807, 2.05) is 77.4 Å². The van der Waals surface area contributed by atoms with E-state index < -0.39 is 0 Å². The van der Waals surface area contributed by atoms with Crippen molar-refractivity contribution in [3.8, 4) is 11.3 Å². The lowest BCUT2D eigenvalue weighted by molar-refractivity contribution is 0.449. The molecule has 0 spiro atoms. The summed E-state index contributed by atoms with van der Waals surface area (Å²) in [6.45, 7) is 15.9. The highest BCUT2D eigenvalue weighted by Crippen LogP contribution is 2.31. The number of piperidine rings is 1. The molecule has 3 rings (SSSR count). The van der Waals surface area contributed by atoms with Crippen molar-refractivity contribution in [3.05, 3.63) is 66.9 Å². The molecule has 1 saturated heterocycles. The Bertz CT molecular complexity index is 735. The monoisotopic (exact) mass is 380 g/mol. The van der Waals surface area contributed by atoms with E-state index >= 15 is 0 Å². The van der Waals surface area contributed by atoms with E-state index in [0.29, 0.717) is 5.92 Å². The van der Waals surface area contributed by atoms with Gasteiger partial charge in [0.1, 0.15) is 5.82 Å². The fourth-order valence-corrected chi connectivity index (χ4v) is 3.13. The van der Waals surface area contributed by atoms with Crippen LogP contribution in [0.25, 0.3) is 16.8 Å². The Balaban J connectivity index is 0.000000921. The molecule has 28 heavy (non-hydrogen) atoms. The van der Waals surface area contributed by atoms with E-state index in [-0.39, 0.29) is 0 Å². The molecule has 1 aliphatic rings. The number of aromatic amines is 1. The molecule has 0 radical (unpaired) electrons. The Morgan fingerprint density at radius 1 is 1.18 bits per heavy atom. The second-order valence-electron chi connectivity index (χ2n) is 5.98. The Labute approximate surface area is 170 Å². The fourth-order valence-electron chi connectivity index (χ4n) is 3.13. The number of nitrogens with one attached hydrogen (secondary N) is 2. The van der Waals surface area contributed by atoms with Crippen molar-refractivity contribution in [2.45, 2.75) is 53.4 Å². The van der Waals surface area contributed by atoms with Gasteiger partial charge in [-0.2, -0.15) is 0 Å². The molecule has 2 N–H and O–H groups in total. The number of hydrogen-bond donors (Lipinski definition) is 2. The van der Waals surface area contributed by atoms with Gasteiger partial charge in [-0.25, -0.2) is 4.98 Å². The van der Waals surface area contributed by atoms with Gasteiger partial charge in [-0.15, -0.1) is 0 Å². The van der Waals surface area contributed by atoms with Crippen LogP contribution in [0.1, 0.15) is 64.9 Å². The van der Waals surface area contributed by atoms with Gasteiger partial charge in [0.25, 0.3) is 0 Å². The molecule has 0 aliphatic carbocycles. The summed E-state index contributed by atoms with van der Waals surface area (Å²) >= 11 is 0. The molecule has 3 heterocycles. The zero-order valence-electron chi connectivity index (χ0n) is 18.1. The molecule has 4 nitrogen and oxygen atoms in total. The van der Waals surface area contributed by atoms with Crippen molar-refractivity contribution in [3.63, 3.8) is 0 Å². The average molecular weight is 381 g/mol. The van der Waals surface area contributed by atoms with Crippen molar-refractivity contribution in [1.29, 1.82) is 0 Å². The van der Waals surface area contributed by atoms with Gasteiger partial charge in [0.2, 0.25) is 0 Å². The van der Waals surface area contributed by atoms with Gasteiger partial charge < -0.3 is 10.3 Å². The molecule has 4 heteroatoms. The van der Waals surface area contributed by atoms with Gasteiger partial charge in [-0.05, 0) is 38.4 Å². The highest BCUT2D eigenvalue weighted by molar-refractivity contribution is 5.82. The van der Waals surface area contributed by atoms with Crippen LogP contribution in [0.15, 0.2) is 55.4 Å². The molecule has 0 amide bonds. The van der Waals surface area contributed by atoms with Crippen molar-refractivity contribution in [2.75, 3.05) is 13.1 Å². The van der Waals surface area contributed by atoms with Gasteiger partial charge >= 0.3 is 0 Å². The number of allylic oxidation sites excluding steroid dienone is 5. The fraction of sp³-hybridized carbons (Fsp3) is 0.417. The first kappa shape index (κ1) is 23.6. The normalized spacial score (nSPS) is 16.6. The number of aromatic nitrogens is 3. The second kappa shape index (κ2) is 13.7. The molecule has 152 valence electrons. The zero-order valence-corrected chi connectivity index (χ0v) is 18.1. The number of nitrogens with zero attached hydrogens (tertiary/aromatic N) is 2. The maximum Gasteiger partial charge on any atom is 0.111 e. The van der Waals surface area contributed by atoms with Crippen LogP contribution in [0.3, 0.4) is 0 Å². The highest BCUT2D eigenvalue weighted by Gasteiger charge is 2.22. The minimum Gasteiger partial charge on any atom is -0.341 e. The van der Waals surface area contributed by atoms with Crippen LogP contribution in [-0.4, -0.2) is 28.0 Å². The molecule has 0 bridgehead atoms. The third-order valence-electron chi connectivity index (χ3n) is 4.29. The summed E-state index contributed by atoms with van der Waals surface area (Å²) in [7, 11) is 0. The van der Waals surface area contributed by atoms with Crippen molar-refractivity contribution in [2.24, 2.45) is 0 Å². The summed E-state index contributed by atoms with van der Waals surface area (Å²) in [6.07, 6.45) is 13.9. The maximum absolute atomic E-state index is 4.96. The summed E-state index contributed by atoms with van der Waals surface area (Å²) in [5.74, 6) is 1.49. The van der Waals surface area contributed by atoms with Crippen LogP contribution in [0, 0.1) is 0 Å². The Morgan fingerprint density at radius 2 is 1.89 bits per heavy atom. The highest BCUT2D eigenvalue weighted by atomic mass is 15.0. The van der Waals surface area contributed by atoms with Crippen molar-refractivity contribution in [1.82, 2.24) is 20.3 Å². The molecular formula is C24H36N4. The molecule has 2 aromatic heterocycles. The molecule has 0 saturated carbocycles. The first-order valence-corrected chi connectivity index (χ1v) is 10.5. The molecule has 0 aromatic carbocycles. The molecule has 1 atom stereocenters. The topological polar surface area (TPSA) is 53.6 Å². The van der Waals surface area contributed by atoms with Crippen molar-refractivity contribution >= 4 is 5.57 Å². The van der Waals surface area contributed by atoms with Crippen LogP contribution in [-0.2, 0) is 0 Å².